The highest BCUT2D eigenvalue weighted by Gasteiger charge is 2.19. The van der Waals surface area contributed by atoms with E-state index in [-0.39, 0.29) is 12.0 Å². The molecule has 0 atom stereocenters. The molecular formula is C6H12N4O5S2. The second-order valence-electron chi connectivity index (χ2n) is 3.16. The highest BCUT2D eigenvalue weighted by atomic mass is 32.3. The molecule has 0 bridgehead atoms. The standard InChI is InChI=1S/C6H12N4O5S2/c1-3-15-6-7-5(8-9-6)10-17(13,14)4-16(2,11)12/h3-4H2,1-2H3,(H2,7,8,9,10). The van der Waals surface area contributed by atoms with Gasteiger partial charge in [0.2, 0.25) is 16.0 Å². The van der Waals surface area contributed by atoms with Crippen molar-refractivity contribution in [1.29, 1.82) is 0 Å². The number of anilines is 1. The SMILES string of the molecule is CCOc1n[nH]c(NS(=O)(=O)CS(C)(=O)=O)n1. The number of sulfonamides is 1. The van der Waals surface area contributed by atoms with Crippen LogP contribution in [0.25, 0.3) is 0 Å². The lowest BCUT2D eigenvalue weighted by Gasteiger charge is -2.02. The van der Waals surface area contributed by atoms with Gasteiger partial charge in [-0.05, 0) is 6.92 Å². The molecule has 1 heterocycles. The summed E-state index contributed by atoms with van der Waals surface area (Å²) in [7, 11) is -7.67. The van der Waals surface area contributed by atoms with Gasteiger partial charge in [-0.25, -0.2) is 21.9 Å². The van der Waals surface area contributed by atoms with Gasteiger partial charge in [-0.15, -0.1) is 5.10 Å². The van der Waals surface area contributed by atoms with Crippen molar-refractivity contribution >= 4 is 25.8 Å². The molecule has 11 heteroatoms. The van der Waals surface area contributed by atoms with Gasteiger partial charge < -0.3 is 4.74 Å². The maximum atomic E-state index is 11.4. The summed E-state index contributed by atoms with van der Waals surface area (Å²) in [5.74, 6) is -0.197. The molecule has 0 spiro atoms. The predicted octanol–water partition coefficient (Wildman–Crippen LogP) is -1.05. The maximum Gasteiger partial charge on any atom is 0.337 e. The molecule has 0 aromatic carbocycles. The minimum Gasteiger partial charge on any atom is -0.463 e. The fourth-order valence-corrected chi connectivity index (χ4v) is 3.82. The highest BCUT2D eigenvalue weighted by molar-refractivity contribution is 8.08. The summed E-state index contributed by atoms with van der Waals surface area (Å²) in [6, 6.07) is -0.0236. The quantitative estimate of drug-likeness (QED) is 0.681. The van der Waals surface area contributed by atoms with Crippen molar-refractivity contribution in [3.05, 3.63) is 0 Å². The van der Waals surface area contributed by atoms with E-state index in [4.69, 9.17) is 4.74 Å². The van der Waals surface area contributed by atoms with Gasteiger partial charge in [-0.2, -0.15) is 4.98 Å². The van der Waals surface area contributed by atoms with Gasteiger partial charge in [-0.3, -0.25) is 4.72 Å². The predicted molar refractivity (Wildman–Crippen MR) is 59.8 cm³/mol. The average Bonchev–Trinajstić information content (AvgIpc) is 2.47. The Morgan fingerprint density at radius 1 is 1.35 bits per heavy atom. The van der Waals surface area contributed by atoms with Gasteiger partial charge in [0.25, 0.3) is 0 Å². The fourth-order valence-electron chi connectivity index (χ4n) is 0.944. The summed E-state index contributed by atoms with van der Waals surface area (Å²) in [4.78, 5) is 3.64. The molecular weight excluding hydrogens is 272 g/mol. The van der Waals surface area contributed by atoms with E-state index in [9.17, 15) is 16.8 Å². The molecule has 0 aliphatic rings. The first-order valence-electron chi connectivity index (χ1n) is 4.45. The molecule has 9 nitrogen and oxygen atoms in total. The van der Waals surface area contributed by atoms with E-state index in [2.05, 4.69) is 15.2 Å². The molecule has 0 unspecified atom stereocenters. The second kappa shape index (κ2) is 4.87. The molecule has 0 amide bonds. The summed E-state index contributed by atoms with van der Waals surface area (Å²) in [6.45, 7) is 2.04. The normalized spacial score (nSPS) is 12.4. The van der Waals surface area contributed by atoms with Crippen LogP contribution in [0.15, 0.2) is 0 Å². The van der Waals surface area contributed by atoms with E-state index in [0.29, 0.717) is 6.61 Å². The van der Waals surface area contributed by atoms with Gasteiger partial charge in [0, 0.05) is 6.26 Å². The Bertz CT molecular complexity index is 575. The largest absolute Gasteiger partial charge is 0.463 e. The van der Waals surface area contributed by atoms with Crippen LogP contribution in [-0.4, -0.2) is 50.0 Å². The van der Waals surface area contributed by atoms with E-state index in [1.54, 1.807) is 6.92 Å². The maximum absolute atomic E-state index is 11.4. The van der Waals surface area contributed by atoms with Gasteiger partial charge in [0.15, 0.2) is 14.9 Å². The topological polar surface area (TPSA) is 131 Å². The first kappa shape index (κ1) is 13.7. The Labute approximate surface area is 98.6 Å². The van der Waals surface area contributed by atoms with Crippen LogP contribution in [0.4, 0.5) is 5.95 Å². The van der Waals surface area contributed by atoms with E-state index >= 15 is 0 Å². The second-order valence-corrected chi connectivity index (χ2v) is 7.39. The number of hydrogen-bond acceptors (Lipinski definition) is 7. The van der Waals surface area contributed by atoms with Gasteiger partial charge in [-0.1, -0.05) is 0 Å². The third kappa shape index (κ3) is 4.99. The van der Waals surface area contributed by atoms with Crippen molar-refractivity contribution in [2.24, 2.45) is 0 Å². The third-order valence-electron chi connectivity index (χ3n) is 1.36. The lowest BCUT2D eigenvalue weighted by atomic mass is 10.9. The van der Waals surface area contributed by atoms with Crippen molar-refractivity contribution in [2.75, 3.05) is 22.7 Å². The molecule has 2 N–H and O–H groups in total. The molecule has 98 valence electrons. The van der Waals surface area contributed by atoms with Gasteiger partial charge in [0.05, 0.1) is 6.61 Å². The molecule has 1 rings (SSSR count). The fraction of sp³-hybridized carbons (Fsp3) is 0.667. The molecule has 0 aliphatic carbocycles. The minimum atomic E-state index is -4.02. The molecule has 1 aromatic rings. The van der Waals surface area contributed by atoms with Crippen LogP contribution in [0.3, 0.4) is 0 Å². The van der Waals surface area contributed by atoms with Crippen LogP contribution >= 0.6 is 0 Å². The number of ether oxygens (including phenoxy) is 1. The van der Waals surface area contributed by atoms with E-state index < -0.39 is 24.9 Å². The first-order chi connectivity index (χ1) is 7.72. The number of hydrogen-bond donors (Lipinski definition) is 2. The van der Waals surface area contributed by atoms with Crippen molar-refractivity contribution < 1.29 is 21.6 Å². The first-order valence-corrected chi connectivity index (χ1v) is 8.16. The summed E-state index contributed by atoms with van der Waals surface area (Å²) in [5.41, 5.74) is 0. The Morgan fingerprint density at radius 2 is 2.00 bits per heavy atom. The number of sulfone groups is 1. The third-order valence-corrected chi connectivity index (χ3v) is 4.82. The molecule has 1 aromatic heterocycles. The molecule has 0 aliphatic heterocycles. The number of aromatic amines is 1. The van der Waals surface area contributed by atoms with Crippen molar-refractivity contribution in [2.45, 2.75) is 6.92 Å². The Morgan fingerprint density at radius 3 is 2.53 bits per heavy atom. The molecule has 0 radical (unpaired) electrons. The molecule has 0 fully saturated rings. The Balaban J connectivity index is 2.76. The zero-order valence-electron chi connectivity index (χ0n) is 9.17. The number of nitrogens with one attached hydrogen (secondary N) is 2. The number of aromatic nitrogens is 3. The molecule has 0 saturated carbocycles. The van der Waals surface area contributed by atoms with Crippen molar-refractivity contribution in [1.82, 2.24) is 15.2 Å². The average molecular weight is 284 g/mol. The molecule has 17 heavy (non-hydrogen) atoms. The zero-order chi connectivity index (χ0) is 13.1. The Kier molecular flexibility index (Phi) is 3.93. The summed E-state index contributed by atoms with van der Waals surface area (Å²) in [6.07, 6.45) is 0.818. The Hall–Kier alpha value is -1.36. The van der Waals surface area contributed by atoms with Gasteiger partial charge in [0.1, 0.15) is 0 Å². The van der Waals surface area contributed by atoms with E-state index in [1.165, 1.54) is 0 Å². The van der Waals surface area contributed by atoms with Crippen LogP contribution in [0.2, 0.25) is 0 Å². The summed E-state index contributed by atoms with van der Waals surface area (Å²) in [5, 5.41) is 4.79. The van der Waals surface area contributed by atoms with Crippen LogP contribution in [-0.2, 0) is 19.9 Å². The summed E-state index contributed by atoms with van der Waals surface area (Å²) < 4.78 is 51.3. The van der Waals surface area contributed by atoms with Crippen LogP contribution in [0.1, 0.15) is 6.92 Å². The van der Waals surface area contributed by atoms with Crippen molar-refractivity contribution in [3.8, 4) is 6.01 Å². The molecule has 0 saturated heterocycles. The van der Waals surface area contributed by atoms with Gasteiger partial charge >= 0.3 is 6.01 Å². The number of rotatable bonds is 6. The zero-order valence-corrected chi connectivity index (χ0v) is 10.8. The minimum absolute atomic E-state index is 0.0236. The number of nitrogens with zero attached hydrogens (tertiary/aromatic N) is 2. The van der Waals surface area contributed by atoms with Crippen LogP contribution in [0.5, 0.6) is 6.01 Å². The highest BCUT2D eigenvalue weighted by Crippen LogP contribution is 2.08. The van der Waals surface area contributed by atoms with Crippen LogP contribution in [0, 0.1) is 0 Å². The lowest BCUT2D eigenvalue weighted by molar-refractivity contribution is 0.314. The monoisotopic (exact) mass is 284 g/mol. The van der Waals surface area contributed by atoms with Crippen molar-refractivity contribution in [3.63, 3.8) is 0 Å². The van der Waals surface area contributed by atoms with Crippen LogP contribution < -0.4 is 9.46 Å². The smallest absolute Gasteiger partial charge is 0.337 e. The van der Waals surface area contributed by atoms with E-state index in [1.807, 2.05) is 4.72 Å². The number of H-pyrrole nitrogens is 1. The lowest BCUT2D eigenvalue weighted by Crippen LogP contribution is -2.22. The summed E-state index contributed by atoms with van der Waals surface area (Å²) >= 11 is 0. The van der Waals surface area contributed by atoms with E-state index in [0.717, 1.165) is 6.26 Å².